The van der Waals surface area contributed by atoms with E-state index in [1.165, 1.54) is 19.3 Å². The minimum Gasteiger partial charge on any atom is -0.396 e. The lowest BCUT2D eigenvalue weighted by Gasteiger charge is -2.20. The fraction of sp³-hybridized carbons (Fsp3) is 0.917. The van der Waals surface area contributed by atoms with E-state index in [2.05, 4.69) is 11.4 Å². The van der Waals surface area contributed by atoms with E-state index in [1.54, 1.807) is 0 Å². The molecule has 0 aliphatic heterocycles. The topological polar surface area (TPSA) is 56.0 Å². The summed E-state index contributed by atoms with van der Waals surface area (Å²) >= 11 is 0. The monoisotopic (exact) mass is 208 g/mol. The summed E-state index contributed by atoms with van der Waals surface area (Å²) in [6, 6.07) is 2.80. The highest BCUT2D eigenvalue weighted by atomic mass is 16.3. The Kier molecular flexibility index (Phi) is 3.28. The normalized spacial score (nSPS) is 32.5. The van der Waals surface area contributed by atoms with Crippen molar-refractivity contribution in [2.24, 2.45) is 11.3 Å². The molecule has 0 amide bonds. The summed E-state index contributed by atoms with van der Waals surface area (Å²) in [7, 11) is 0. The van der Waals surface area contributed by atoms with Crippen molar-refractivity contribution in [3.8, 4) is 6.07 Å². The Morgan fingerprint density at radius 1 is 1.40 bits per heavy atom. The van der Waals surface area contributed by atoms with Gasteiger partial charge in [-0.05, 0) is 37.5 Å². The van der Waals surface area contributed by atoms with Crippen molar-refractivity contribution >= 4 is 0 Å². The molecule has 2 aliphatic rings. The van der Waals surface area contributed by atoms with E-state index in [0.717, 1.165) is 25.8 Å². The molecule has 2 saturated carbocycles. The number of aliphatic hydroxyl groups excluding tert-OH is 1. The smallest absolute Gasteiger partial charge is 0.0672 e. The predicted octanol–water partition coefficient (Wildman–Crippen LogP) is 1.43. The van der Waals surface area contributed by atoms with E-state index < -0.39 is 0 Å². The maximum absolute atomic E-state index is 8.95. The van der Waals surface area contributed by atoms with Gasteiger partial charge >= 0.3 is 0 Å². The molecule has 2 aliphatic carbocycles. The molecule has 2 N–H and O–H groups in total. The summed E-state index contributed by atoms with van der Waals surface area (Å²) in [6.07, 6.45) is 6.79. The van der Waals surface area contributed by atoms with Crippen LogP contribution in [0.2, 0.25) is 0 Å². The first-order valence-electron chi connectivity index (χ1n) is 6.03. The first-order chi connectivity index (χ1) is 7.29. The highest BCUT2D eigenvalue weighted by Gasteiger charge is 2.42. The summed E-state index contributed by atoms with van der Waals surface area (Å²) in [5, 5.41) is 21.4. The Morgan fingerprint density at radius 2 is 2.20 bits per heavy atom. The van der Waals surface area contributed by atoms with Crippen LogP contribution in [0.5, 0.6) is 0 Å². The van der Waals surface area contributed by atoms with Crippen LogP contribution in [0.15, 0.2) is 0 Å². The fourth-order valence-corrected chi connectivity index (χ4v) is 2.64. The summed E-state index contributed by atoms with van der Waals surface area (Å²) in [4.78, 5) is 0. The molecule has 0 radical (unpaired) electrons. The van der Waals surface area contributed by atoms with Crippen molar-refractivity contribution in [3.05, 3.63) is 0 Å². The molecule has 0 bridgehead atoms. The van der Waals surface area contributed by atoms with Crippen LogP contribution >= 0.6 is 0 Å². The third-order valence-electron chi connectivity index (χ3n) is 4.02. The van der Waals surface area contributed by atoms with Gasteiger partial charge in [0.25, 0.3) is 0 Å². The highest BCUT2D eigenvalue weighted by molar-refractivity contribution is 5.00. The average molecular weight is 208 g/mol. The molecule has 0 heterocycles. The lowest BCUT2D eigenvalue weighted by molar-refractivity contribution is 0.240. The zero-order chi connectivity index (χ0) is 10.7. The van der Waals surface area contributed by atoms with Crippen molar-refractivity contribution in [1.82, 2.24) is 5.32 Å². The Bertz CT molecular complexity index is 255. The van der Waals surface area contributed by atoms with E-state index in [1.807, 2.05) is 0 Å². The maximum atomic E-state index is 8.95. The molecular formula is C12H20N2O. The molecule has 84 valence electrons. The van der Waals surface area contributed by atoms with Crippen LogP contribution in [-0.4, -0.2) is 24.3 Å². The van der Waals surface area contributed by atoms with Gasteiger partial charge in [-0.25, -0.2) is 0 Å². The quantitative estimate of drug-likeness (QED) is 0.718. The largest absolute Gasteiger partial charge is 0.396 e. The number of aliphatic hydroxyl groups is 1. The van der Waals surface area contributed by atoms with Crippen LogP contribution in [-0.2, 0) is 0 Å². The molecule has 2 fully saturated rings. The third-order valence-corrected chi connectivity index (χ3v) is 4.02. The zero-order valence-corrected chi connectivity index (χ0v) is 9.21. The van der Waals surface area contributed by atoms with Gasteiger partial charge < -0.3 is 10.4 Å². The lowest BCUT2D eigenvalue weighted by Crippen LogP contribution is -2.36. The van der Waals surface area contributed by atoms with Crippen molar-refractivity contribution in [1.29, 1.82) is 5.26 Å². The Labute approximate surface area is 91.5 Å². The van der Waals surface area contributed by atoms with Crippen LogP contribution in [0.1, 0.15) is 38.5 Å². The second kappa shape index (κ2) is 4.51. The minimum absolute atomic E-state index is 0.218. The van der Waals surface area contributed by atoms with Crippen molar-refractivity contribution in [3.63, 3.8) is 0 Å². The van der Waals surface area contributed by atoms with Gasteiger partial charge in [-0.1, -0.05) is 6.42 Å². The molecule has 2 unspecified atom stereocenters. The number of nitrogens with zero attached hydrogens (tertiary/aromatic N) is 1. The Morgan fingerprint density at radius 3 is 2.80 bits per heavy atom. The van der Waals surface area contributed by atoms with Crippen LogP contribution in [0.4, 0.5) is 0 Å². The van der Waals surface area contributed by atoms with Gasteiger partial charge in [0.05, 0.1) is 12.0 Å². The average Bonchev–Trinajstić information content (AvgIpc) is 2.86. The molecule has 3 heteroatoms. The highest BCUT2D eigenvalue weighted by Crippen LogP contribution is 2.48. The summed E-state index contributed by atoms with van der Waals surface area (Å²) in [5.41, 5.74) is 0.372. The molecule has 0 aromatic carbocycles. The Hall–Kier alpha value is -0.590. The Balaban J connectivity index is 1.76. The van der Waals surface area contributed by atoms with Crippen molar-refractivity contribution < 1.29 is 5.11 Å². The first kappa shape index (κ1) is 10.9. The molecule has 2 atom stereocenters. The van der Waals surface area contributed by atoms with Crippen LogP contribution in [0.3, 0.4) is 0 Å². The number of nitriles is 1. The van der Waals surface area contributed by atoms with E-state index in [9.17, 15) is 0 Å². The lowest BCUT2D eigenvalue weighted by atomic mass is 10.0. The summed E-state index contributed by atoms with van der Waals surface area (Å²) in [6.45, 7) is 1.30. The van der Waals surface area contributed by atoms with Crippen molar-refractivity contribution in [2.75, 3.05) is 13.2 Å². The van der Waals surface area contributed by atoms with Gasteiger partial charge in [0.1, 0.15) is 0 Å². The fourth-order valence-electron chi connectivity index (χ4n) is 2.64. The van der Waals surface area contributed by atoms with E-state index >= 15 is 0 Å². The standard InChI is InChI=1S/C12H20N2O/c13-8-10-2-1-3-11(10)14-9-12(4-5-12)6-7-15/h10-11,14-15H,1-7,9H2. The van der Waals surface area contributed by atoms with Gasteiger partial charge in [-0.2, -0.15) is 5.26 Å². The van der Waals surface area contributed by atoms with E-state index in [4.69, 9.17) is 10.4 Å². The van der Waals surface area contributed by atoms with Crippen LogP contribution in [0.25, 0.3) is 0 Å². The predicted molar refractivity (Wildman–Crippen MR) is 58.1 cm³/mol. The van der Waals surface area contributed by atoms with Crippen LogP contribution in [0, 0.1) is 22.7 Å². The number of hydrogen-bond acceptors (Lipinski definition) is 3. The van der Waals surface area contributed by atoms with Gasteiger partial charge in [0, 0.05) is 19.2 Å². The van der Waals surface area contributed by atoms with E-state index in [-0.39, 0.29) is 5.92 Å². The maximum Gasteiger partial charge on any atom is 0.0672 e. The van der Waals surface area contributed by atoms with Gasteiger partial charge in [-0.15, -0.1) is 0 Å². The van der Waals surface area contributed by atoms with Crippen molar-refractivity contribution in [2.45, 2.75) is 44.6 Å². The number of rotatable bonds is 5. The van der Waals surface area contributed by atoms with Gasteiger partial charge in [-0.3, -0.25) is 0 Å². The zero-order valence-electron chi connectivity index (χ0n) is 9.21. The molecular weight excluding hydrogens is 188 g/mol. The summed E-state index contributed by atoms with van der Waals surface area (Å²) < 4.78 is 0. The summed E-state index contributed by atoms with van der Waals surface area (Å²) in [5.74, 6) is 0.218. The molecule has 0 spiro atoms. The van der Waals surface area contributed by atoms with E-state index in [0.29, 0.717) is 18.1 Å². The molecule has 2 rings (SSSR count). The number of nitrogens with one attached hydrogen (secondary N) is 1. The molecule has 0 saturated heterocycles. The molecule has 0 aromatic heterocycles. The molecule has 0 aromatic rings. The van der Waals surface area contributed by atoms with Gasteiger partial charge in [0.2, 0.25) is 0 Å². The first-order valence-corrected chi connectivity index (χ1v) is 6.03. The second-order valence-electron chi connectivity index (χ2n) is 5.13. The molecule has 3 nitrogen and oxygen atoms in total. The number of hydrogen-bond donors (Lipinski definition) is 2. The second-order valence-corrected chi connectivity index (χ2v) is 5.13. The van der Waals surface area contributed by atoms with Gasteiger partial charge in [0.15, 0.2) is 0 Å². The molecule has 15 heavy (non-hydrogen) atoms. The SMILES string of the molecule is N#CC1CCCC1NCC1(CCO)CC1. The van der Waals surface area contributed by atoms with Crippen LogP contribution < -0.4 is 5.32 Å². The minimum atomic E-state index is 0.218. The third kappa shape index (κ3) is 2.50.